The lowest BCUT2D eigenvalue weighted by atomic mass is 9.77. The number of ketones is 1. The fraction of sp³-hybridized carbons (Fsp3) is 0.238. The quantitative estimate of drug-likeness (QED) is 0.524. The fourth-order valence-electron chi connectivity index (χ4n) is 3.96. The molecule has 138 valence electrons. The van der Waals surface area contributed by atoms with E-state index in [-0.39, 0.29) is 24.0 Å². The lowest BCUT2D eigenvalue weighted by molar-refractivity contribution is -0.119. The summed E-state index contributed by atoms with van der Waals surface area (Å²) in [6.45, 7) is 0. The molecule has 0 radical (unpaired) electrons. The molecule has 1 aliphatic carbocycles. The van der Waals surface area contributed by atoms with Crippen molar-refractivity contribution < 1.29 is 9.59 Å². The number of amides is 1. The average molecular weight is 465 g/mol. The van der Waals surface area contributed by atoms with E-state index in [0.717, 1.165) is 27.8 Å². The monoisotopic (exact) mass is 463 g/mol. The number of halogens is 3. The van der Waals surface area contributed by atoms with E-state index >= 15 is 0 Å². The highest BCUT2D eigenvalue weighted by atomic mass is 79.9. The molecule has 0 saturated carbocycles. The second-order valence-electron chi connectivity index (χ2n) is 6.72. The number of carbonyl (C=O) groups is 2. The van der Waals surface area contributed by atoms with E-state index in [4.69, 9.17) is 23.2 Å². The Morgan fingerprint density at radius 2 is 1.78 bits per heavy atom. The average Bonchev–Trinajstić information content (AvgIpc) is 2.65. The molecule has 2 aromatic carbocycles. The van der Waals surface area contributed by atoms with Gasteiger partial charge in [0.05, 0.1) is 15.7 Å². The molecule has 0 bridgehead atoms. The van der Waals surface area contributed by atoms with Crippen LogP contribution in [0.3, 0.4) is 0 Å². The van der Waals surface area contributed by atoms with E-state index in [0.29, 0.717) is 28.5 Å². The Bertz CT molecular complexity index is 986. The Hall–Kier alpha value is -1.62. The van der Waals surface area contributed by atoms with Gasteiger partial charge in [-0.15, -0.1) is 0 Å². The first-order valence-electron chi connectivity index (χ1n) is 8.76. The molecule has 0 N–H and O–H groups in total. The Kier molecular flexibility index (Phi) is 5.15. The van der Waals surface area contributed by atoms with Crippen molar-refractivity contribution in [3.63, 3.8) is 0 Å². The number of hydrogen-bond acceptors (Lipinski definition) is 2. The van der Waals surface area contributed by atoms with Crippen molar-refractivity contribution in [1.82, 2.24) is 0 Å². The van der Waals surface area contributed by atoms with Crippen molar-refractivity contribution in [3.05, 3.63) is 73.8 Å². The molecule has 4 rings (SSSR count). The van der Waals surface area contributed by atoms with Crippen LogP contribution >= 0.6 is 39.1 Å². The Labute approximate surface area is 176 Å². The van der Waals surface area contributed by atoms with E-state index in [2.05, 4.69) is 15.9 Å². The molecular weight excluding hydrogens is 449 g/mol. The maximum absolute atomic E-state index is 13.2. The second kappa shape index (κ2) is 7.42. The third kappa shape index (κ3) is 3.24. The summed E-state index contributed by atoms with van der Waals surface area (Å²) in [5, 5.41) is 0.844. The molecule has 3 nitrogen and oxygen atoms in total. The minimum atomic E-state index is -0.356. The summed E-state index contributed by atoms with van der Waals surface area (Å²) in [4.78, 5) is 27.8. The van der Waals surface area contributed by atoms with E-state index in [1.165, 1.54) is 0 Å². The van der Waals surface area contributed by atoms with Crippen molar-refractivity contribution >= 4 is 56.5 Å². The molecule has 2 aromatic rings. The van der Waals surface area contributed by atoms with Crippen LogP contribution in [0.15, 0.2) is 58.2 Å². The number of Topliss-reactive ketones (excluding diaryl/α,β-unsaturated/α-hetero) is 1. The van der Waals surface area contributed by atoms with Crippen molar-refractivity contribution in [2.75, 3.05) is 4.90 Å². The number of hydrogen-bond donors (Lipinski definition) is 0. The molecule has 1 aliphatic heterocycles. The second-order valence-corrected chi connectivity index (χ2v) is 8.36. The van der Waals surface area contributed by atoms with Crippen molar-refractivity contribution in [1.29, 1.82) is 0 Å². The highest BCUT2D eigenvalue weighted by Crippen LogP contribution is 2.46. The highest BCUT2D eigenvalue weighted by Gasteiger charge is 2.40. The first-order valence-corrected chi connectivity index (χ1v) is 10.3. The summed E-state index contributed by atoms with van der Waals surface area (Å²) in [6, 6.07) is 12.9. The molecule has 2 aliphatic rings. The normalized spacial score (nSPS) is 20.1. The molecule has 0 saturated heterocycles. The van der Waals surface area contributed by atoms with Crippen molar-refractivity contribution in [2.45, 2.75) is 31.6 Å². The summed E-state index contributed by atoms with van der Waals surface area (Å²) in [5.74, 6) is -0.316. The van der Waals surface area contributed by atoms with E-state index in [1.54, 1.807) is 11.0 Å². The van der Waals surface area contributed by atoms with Crippen molar-refractivity contribution in [2.24, 2.45) is 0 Å². The largest absolute Gasteiger partial charge is 0.294 e. The third-order valence-electron chi connectivity index (χ3n) is 5.13. The zero-order valence-electron chi connectivity index (χ0n) is 14.3. The number of anilines is 1. The number of nitrogens with zero attached hydrogens (tertiary/aromatic N) is 1. The molecule has 0 spiro atoms. The molecule has 1 unspecified atom stereocenters. The Morgan fingerprint density at radius 1 is 1.00 bits per heavy atom. The fourth-order valence-corrected chi connectivity index (χ4v) is 4.86. The van der Waals surface area contributed by atoms with Crippen LogP contribution in [0.4, 0.5) is 5.69 Å². The summed E-state index contributed by atoms with van der Waals surface area (Å²) < 4.78 is 0.822. The molecule has 1 heterocycles. The molecule has 1 atom stereocenters. The standard InChI is InChI=1S/C21H16BrCl2NO2/c22-14-6-1-2-8-16(14)25-17-9-4-10-18(26)20(17)13(11-19(25)27)12-5-3-7-15(23)21(12)24/h1-3,5-8,13H,4,9-11H2. The lowest BCUT2D eigenvalue weighted by Gasteiger charge is -2.39. The molecule has 6 heteroatoms. The smallest absolute Gasteiger partial charge is 0.232 e. The van der Waals surface area contributed by atoms with E-state index in [9.17, 15) is 9.59 Å². The van der Waals surface area contributed by atoms with Gasteiger partial charge in [0.1, 0.15) is 0 Å². The summed E-state index contributed by atoms with van der Waals surface area (Å²) >= 11 is 16.2. The molecular formula is C21H16BrCl2NO2. The maximum Gasteiger partial charge on any atom is 0.232 e. The molecule has 1 amide bonds. The SMILES string of the molecule is O=C1CCCC2=C1C(c1cccc(Cl)c1Cl)CC(=O)N2c1ccccc1Br. The van der Waals surface area contributed by atoms with Crippen molar-refractivity contribution in [3.8, 4) is 0 Å². The Balaban J connectivity index is 1.91. The number of carbonyl (C=O) groups excluding carboxylic acids is 2. The van der Waals surface area contributed by atoms with Gasteiger partial charge >= 0.3 is 0 Å². The van der Waals surface area contributed by atoms with Crippen LogP contribution in [-0.2, 0) is 9.59 Å². The first-order chi connectivity index (χ1) is 13.0. The highest BCUT2D eigenvalue weighted by molar-refractivity contribution is 9.10. The predicted molar refractivity (Wildman–Crippen MR) is 111 cm³/mol. The number of para-hydroxylation sites is 1. The van der Waals surface area contributed by atoms with Crippen LogP contribution in [0.2, 0.25) is 10.0 Å². The number of allylic oxidation sites excluding steroid dienone is 2. The van der Waals surface area contributed by atoms with Gasteiger partial charge in [-0.3, -0.25) is 14.5 Å². The number of benzene rings is 2. The topological polar surface area (TPSA) is 37.4 Å². The van der Waals surface area contributed by atoms with Crippen LogP contribution in [0.1, 0.15) is 37.2 Å². The Morgan fingerprint density at radius 3 is 2.56 bits per heavy atom. The van der Waals surface area contributed by atoms with Gasteiger partial charge in [-0.25, -0.2) is 0 Å². The van der Waals surface area contributed by atoms with Gasteiger partial charge in [-0.1, -0.05) is 47.5 Å². The zero-order chi connectivity index (χ0) is 19.1. The molecule has 0 aromatic heterocycles. The summed E-state index contributed by atoms with van der Waals surface area (Å²) in [7, 11) is 0. The summed E-state index contributed by atoms with van der Waals surface area (Å²) in [5.41, 5.74) is 2.99. The molecule has 0 fully saturated rings. The van der Waals surface area contributed by atoms with Gasteiger partial charge in [0, 0.05) is 34.5 Å². The van der Waals surface area contributed by atoms with Gasteiger partial charge in [-0.2, -0.15) is 0 Å². The third-order valence-corrected chi connectivity index (χ3v) is 6.63. The zero-order valence-corrected chi connectivity index (χ0v) is 17.4. The van der Waals surface area contributed by atoms with Gasteiger partial charge in [-0.05, 0) is 52.5 Å². The maximum atomic E-state index is 13.2. The number of rotatable bonds is 2. The van der Waals surface area contributed by atoms with Gasteiger partial charge in [0.25, 0.3) is 0 Å². The lowest BCUT2D eigenvalue weighted by Crippen LogP contribution is -2.40. The minimum absolute atomic E-state index is 0.0450. The van der Waals surface area contributed by atoms with Crippen LogP contribution in [0.5, 0.6) is 0 Å². The van der Waals surface area contributed by atoms with Gasteiger partial charge < -0.3 is 0 Å². The molecule has 27 heavy (non-hydrogen) atoms. The first kappa shape index (κ1) is 18.7. The van der Waals surface area contributed by atoms with E-state index < -0.39 is 0 Å². The van der Waals surface area contributed by atoms with Gasteiger partial charge in [0.2, 0.25) is 5.91 Å². The van der Waals surface area contributed by atoms with Crippen LogP contribution in [-0.4, -0.2) is 11.7 Å². The summed E-state index contributed by atoms with van der Waals surface area (Å²) in [6.07, 6.45) is 2.10. The minimum Gasteiger partial charge on any atom is -0.294 e. The van der Waals surface area contributed by atoms with Gasteiger partial charge in [0.15, 0.2) is 5.78 Å². The predicted octanol–water partition coefficient (Wildman–Crippen LogP) is 6.28. The van der Waals surface area contributed by atoms with Crippen LogP contribution < -0.4 is 4.90 Å². The van der Waals surface area contributed by atoms with Crippen LogP contribution in [0, 0.1) is 0 Å². The van der Waals surface area contributed by atoms with E-state index in [1.807, 2.05) is 36.4 Å². The van der Waals surface area contributed by atoms with Crippen LogP contribution in [0.25, 0.3) is 0 Å².